The van der Waals surface area contributed by atoms with Gasteiger partial charge in [-0.3, -0.25) is 0 Å². The van der Waals surface area contributed by atoms with Crippen molar-refractivity contribution < 1.29 is 50.4 Å². The van der Waals surface area contributed by atoms with E-state index in [1.807, 2.05) is 0 Å². The molecule has 12 nitrogen and oxygen atoms in total. The summed E-state index contributed by atoms with van der Waals surface area (Å²) < 4.78 is 93.9. The minimum absolute atomic E-state index is 0.731. The third-order valence-corrected chi connectivity index (χ3v) is 4.57. The Kier molecular flexibility index (Phi) is 1.92. The Morgan fingerprint density at radius 3 is 0.667 bits per heavy atom. The molecule has 0 unspecified atom stereocenters. The Bertz CT molecular complexity index is 797. The van der Waals surface area contributed by atoms with Crippen molar-refractivity contribution in [3.8, 4) is 34.5 Å². The van der Waals surface area contributed by atoms with Gasteiger partial charge in [-0.05, 0) is 0 Å². The number of benzene rings is 1. The summed E-state index contributed by atoms with van der Waals surface area (Å²) in [5.41, 5.74) is 0. The van der Waals surface area contributed by atoms with Gasteiger partial charge in [0.15, 0.2) is 0 Å². The molecule has 0 atom stereocenters. The Balaban J connectivity index is 2.09. The van der Waals surface area contributed by atoms with E-state index < -0.39 is 65.7 Å². The molecule has 1 aromatic carbocycles. The highest BCUT2D eigenvalue weighted by Crippen LogP contribution is 2.65. The second-order valence-electron chi connectivity index (χ2n) is 3.70. The van der Waals surface area contributed by atoms with Crippen LogP contribution in [0.2, 0.25) is 0 Å². The van der Waals surface area contributed by atoms with Gasteiger partial charge in [0.2, 0.25) is 34.5 Å². The van der Waals surface area contributed by atoms with Crippen molar-refractivity contribution in [2.75, 3.05) is 0 Å². The van der Waals surface area contributed by atoms with Crippen molar-refractivity contribution in [1.29, 1.82) is 0 Å². The van der Waals surface area contributed by atoms with E-state index in [2.05, 4.69) is 25.1 Å². The topological polar surface area (TPSA) is 158 Å². The molecular formula is C6O12S3. The summed E-state index contributed by atoms with van der Waals surface area (Å²) in [6, 6.07) is 0. The maximum absolute atomic E-state index is 11.3. The molecule has 0 amide bonds. The molecular weight excluding hydrogens is 360 g/mol. The van der Waals surface area contributed by atoms with Crippen molar-refractivity contribution in [1.82, 2.24) is 0 Å². The maximum Gasteiger partial charge on any atom is 0.501 e. The third kappa shape index (κ3) is 1.67. The molecule has 1 aromatic rings. The summed E-state index contributed by atoms with van der Waals surface area (Å²) >= 11 is 0. The van der Waals surface area contributed by atoms with Crippen LogP contribution in [0, 0.1) is 0 Å². The predicted molar refractivity (Wildman–Crippen MR) is 57.0 cm³/mol. The van der Waals surface area contributed by atoms with Gasteiger partial charge in [0.05, 0.1) is 0 Å². The van der Waals surface area contributed by atoms with Crippen molar-refractivity contribution >= 4 is 31.2 Å². The SMILES string of the molecule is O=S1(=O)Oc2c3c(c4c(c2O1)OS(=O)(=O)O4)OS(=O)(=O)O3. The van der Waals surface area contributed by atoms with Gasteiger partial charge in [-0.25, -0.2) is 0 Å². The Morgan fingerprint density at radius 1 is 0.381 bits per heavy atom. The fourth-order valence-corrected chi connectivity index (χ4v) is 3.97. The molecule has 0 fully saturated rings. The first-order valence-electron chi connectivity index (χ1n) is 4.72. The lowest BCUT2D eigenvalue weighted by Crippen LogP contribution is -2.09. The molecule has 3 aliphatic heterocycles. The molecule has 0 aliphatic carbocycles. The molecule has 0 aromatic heterocycles. The molecule has 0 saturated heterocycles. The first-order valence-corrected chi connectivity index (χ1v) is 8.72. The van der Waals surface area contributed by atoms with E-state index in [0.29, 0.717) is 0 Å². The molecule has 3 aliphatic rings. The van der Waals surface area contributed by atoms with Crippen LogP contribution in [0.5, 0.6) is 34.5 Å². The van der Waals surface area contributed by atoms with Gasteiger partial charge in [0.25, 0.3) is 0 Å². The second-order valence-corrected chi connectivity index (χ2v) is 7.15. The Hall–Kier alpha value is -2.13. The average Bonchev–Trinajstić information content (AvgIpc) is 2.88. The minimum Gasteiger partial charge on any atom is -0.344 e. The fourth-order valence-electron chi connectivity index (χ4n) is 1.74. The minimum atomic E-state index is -4.58. The molecule has 0 radical (unpaired) electrons. The van der Waals surface area contributed by atoms with Crippen molar-refractivity contribution in [2.45, 2.75) is 0 Å². The van der Waals surface area contributed by atoms with E-state index in [1.165, 1.54) is 0 Å². The van der Waals surface area contributed by atoms with Gasteiger partial charge < -0.3 is 25.1 Å². The maximum atomic E-state index is 11.3. The highest BCUT2D eigenvalue weighted by atomic mass is 32.3. The van der Waals surface area contributed by atoms with Crippen LogP contribution in [0.25, 0.3) is 0 Å². The highest BCUT2D eigenvalue weighted by molar-refractivity contribution is 7.83. The standard InChI is InChI=1S/C6O12S3/c7-19(8)13-1-2(14-19)4-6(18-21(11,12)17-4)5-3(1)15-20(9,10)16-5. The summed E-state index contributed by atoms with van der Waals surface area (Å²) in [5.74, 6) is -4.39. The number of hydrogen-bond donors (Lipinski definition) is 0. The molecule has 0 N–H and O–H groups in total. The van der Waals surface area contributed by atoms with Crippen LogP contribution in [0.1, 0.15) is 0 Å². The zero-order valence-corrected chi connectivity index (χ0v) is 11.6. The lowest BCUT2D eigenvalue weighted by molar-refractivity contribution is 0.419. The van der Waals surface area contributed by atoms with Crippen LogP contribution in [0.3, 0.4) is 0 Å². The van der Waals surface area contributed by atoms with E-state index in [-0.39, 0.29) is 0 Å². The molecule has 0 saturated carbocycles. The zero-order valence-electron chi connectivity index (χ0n) is 9.12. The van der Waals surface area contributed by atoms with E-state index >= 15 is 0 Å². The Morgan fingerprint density at radius 2 is 0.524 bits per heavy atom. The van der Waals surface area contributed by atoms with Crippen molar-refractivity contribution in [2.24, 2.45) is 0 Å². The summed E-state index contributed by atoms with van der Waals surface area (Å²) in [6.45, 7) is 0. The summed E-state index contributed by atoms with van der Waals surface area (Å²) in [5, 5.41) is 0. The number of hydrogen-bond acceptors (Lipinski definition) is 12. The molecule has 0 spiro atoms. The molecule has 114 valence electrons. The van der Waals surface area contributed by atoms with Crippen LogP contribution >= 0.6 is 0 Å². The lowest BCUT2D eigenvalue weighted by atomic mass is 10.2. The van der Waals surface area contributed by atoms with Gasteiger partial charge in [0, 0.05) is 0 Å². The van der Waals surface area contributed by atoms with E-state index in [4.69, 9.17) is 0 Å². The number of fused-ring (bicyclic) bond motifs is 6. The van der Waals surface area contributed by atoms with E-state index in [1.54, 1.807) is 0 Å². The van der Waals surface area contributed by atoms with Gasteiger partial charge >= 0.3 is 31.2 Å². The first-order chi connectivity index (χ1) is 9.57. The Labute approximate surface area is 116 Å². The highest BCUT2D eigenvalue weighted by Gasteiger charge is 2.51. The molecule has 0 bridgehead atoms. The second kappa shape index (κ2) is 3.20. The zero-order chi connectivity index (χ0) is 15.2. The monoisotopic (exact) mass is 360 g/mol. The van der Waals surface area contributed by atoms with Gasteiger partial charge in [-0.2, -0.15) is 0 Å². The first kappa shape index (κ1) is 12.6. The van der Waals surface area contributed by atoms with E-state index in [0.717, 1.165) is 0 Å². The summed E-state index contributed by atoms with van der Waals surface area (Å²) in [6.07, 6.45) is 0. The van der Waals surface area contributed by atoms with E-state index in [9.17, 15) is 25.3 Å². The van der Waals surface area contributed by atoms with Crippen molar-refractivity contribution in [3.05, 3.63) is 0 Å². The molecule has 4 rings (SSSR count). The average molecular weight is 360 g/mol. The largest absolute Gasteiger partial charge is 0.501 e. The van der Waals surface area contributed by atoms with Crippen LogP contribution < -0.4 is 25.1 Å². The predicted octanol–water partition coefficient (Wildman–Crippen LogP) is -1.27. The fraction of sp³-hybridized carbons (Fsp3) is 0. The molecule has 15 heteroatoms. The normalized spacial score (nSPS) is 24.0. The number of rotatable bonds is 0. The summed E-state index contributed by atoms with van der Waals surface area (Å²) in [4.78, 5) is 0. The summed E-state index contributed by atoms with van der Waals surface area (Å²) in [7, 11) is -13.8. The van der Waals surface area contributed by atoms with Gasteiger partial charge in [-0.15, -0.1) is 25.3 Å². The third-order valence-electron chi connectivity index (χ3n) is 2.35. The van der Waals surface area contributed by atoms with Crippen LogP contribution in [0.15, 0.2) is 0 Å². The smallest absolute Gasteiger partial charge is 0.344 e. The van der Waals surface area contributed by atoms with Gasteiger partial charge in [0.1, 0.15) is 0 Å². The van der Waals surface area contributed by atoms with Gasteiger partial charge in [-0.1, -0.05) is 0 Å². The quantitative estimate of drug-likeness (QED) is 0.541. The molecule has 3 heterocycles. The van der Waals surface area contributed by atoms with Crippen molar-refractivity contribution in [3.63, 3.8) is 0 Å². The van der Waals surface area contributed by atoms with Crippen LogP contribution in [0.4, 0.5) is 0 Å². The van der Waals surface area contributed by atoms with Crippen LogP contribution in [-0.4, -0.2) is 25.3 Å². The lowest BCUT2D eigenvalue weighted by Gasteiger charge is -2.00. The molecule has 21 heavy (non-hydrogen) atoms. The van der Waals surface area contributed by atoms with Crippen LogP contribution in [-0.2, 0) is 31.2 Å².